The fraction of sp³-hybridized carbons (Fsp3) is 0.300. The summed E-state index contributed by atoms with van der Waals surface area (Å²) in [4.78, 5) is 4.52. The Bertz CT molecular complexity index is 789. The molecule has 2 unspecified atom stereocenters. The molecule has 3 aliphatic rings. The van der Waals surface area contributed by atoms with Gasteiger partial charge in [-0.3, -0.25) is 0 Å². The standard InChI is InChI=1S/C20H22N4O/c25-24-19-12-15(14-7-3-1-4-8-14)11-18-17(19)13-21-20(23-18)22-16-9-5-2-6-10-16/h1-3,5-7,9-10,13,15,20,22-23,25H,4,8,11-12H2/b24-19+. The molecule has 0 amide bonds. The molecule has 1 aromatic carbocycles. The van der Waals surface area contributed by atoms with Crippen LogP contribution in [-0.4, -0.2) is 23.4 Å². The van der Waals surface area contributed by atoms with Gasteiger partial charge in [0, 0.05) is 29.6 Å². The third-order valence-electron chi connectivity index (χ3n) is 4.96. The van der Waals surface area contributed by atoms with Crippen molar-refractivity contribution < 1.29 is 5.21 Å². The fourth-order valence-corrected chi connectivity index (χ4v) is 3.67. The maximum atomic E-state index is 9.46. The molecule has 0 saturated carbocycles. The smallest absolute Gasteiger partial charge is 0.193 e. The van der Waals surface area contributed by atoms with Crippen LogP contribution in [0.1, 0.15) is 25.7 Å². The van der Waals surface area contributed by atoms with E-state index in [2.05, 4.69) is 39.0 Å². The second kappa shape index (κ2) is 6.97. The molecular formula is C20H22N4O. The number of hydrogen-bond acceptors (Lipinski definition) is 5. The average Bonchev–Trinajstić information content (AvgIpc) is 2.68. The predicted molar refractivity (Wildman–Crippen MR) is 101 cm³/mol. The van der Waals surface area contributed by atoms with E-state index in [1.807, 2.05) is 36.5 Å². The number of anilines is 1. The summed E-state index contributed by atoms with van der Waals surface area (Å²) in [6.07, 6.45) is 12.0. The first-order valence-electron chi connectivity index (χ1n) is 8.75. The second-order valence-electron chi connectivity index (χ2n) is 6.59. The zero-order valence-electron chi connectivity index (χ0n) is 14.0. The highest BCUT2D eigenvalue weighted by Crippen LogP contribution is 2.35. The molecule has 1 aromatic rings. The van der Waals surface area contributed by atoms with Crippen LogP contribution in [0.25, 0.3) is 0 Å². The fourth-order valence-electron chi connectivity index (χ4n) is 3.67. The molecular weight excluding hydrogens is 312 g/mol. The quantitative estimate of drug-likeness (QED) is 0.581. The molecule has 4 rings (SSSR count). The van der Waals surface area contributed by atoms with Gasteiger partial charge in [0.2, 0.25) is 0 Å². The zero-order chi connectivity index (χ0) is 17.1. The molecule has 128 valence electrons. The van der Waals surface area contributed by atoms with Crippen LogP contribution < -0.4 is 10.6 Å². The molecule has 1 heterocycles. The highest BCUT2D eigenvalue weighted by atomic mass is 16.4. The van der Waals surface area contributed by atoms with Crippen molar-refractivity contribution in [2.24, 2.45) is 16.1 Å². The largest absolute Gasteiger partial charge is 0.411 e. The first kappa shape index (κ1) is 15.7. The van der Waals surface area contributed by atoms with Crippen molar-refractivity contribution in [2.75, 3.05) is 5.32 Å². The van der Waals surface area contributed by atoms with E-state index < -0.39 is 0 Å². The van der Waals surface area contributed by atoms with Crippen LogP contribution in [0.15, 0.2) is 75.6 Å². The Morgan fingerprint density at radius 1 is 1.20 bits per heavy atom. The van der Waals surface area contributed by atoms with Crippen LogP contribution in [0, 0.1) is 5.92 Å². The molecule has 25 heavy (non-hydrogen) atoms. The van der Waals surface area contributed by atoms with E-state index in [1.165, 1.54) is 5.57 Å². The summed E-state index contributed by atoms with van der Waals surface area (Å²) >= 11 is 0. The Labute approximate surface area is 147 Å². The summed E-state index contributed by atoms with van der Waals surface area (Å²) in [6, 6.07) is 10.0. The minimum absolute atomic E-state index is 0.208. The topological polar surface area (TPSA) is 69.0 Å². The molecule has 0 aromatic heterocycles. The number of benzene rings is 1. The third kappa shape index (κ3) is 3.36. The van der Waals surface area contributed by atoms with E-state index in [1.54, 1.807) is 0 Å². The third-order valence-corrected chi connectivity index (χ3v) is 4.96. The summed E-state index contributed by atoms with van der Waals surface area (Å²) < 4.78 is 0. The molecule has 0 bridgehead atoms. The predicted octanol–water partition coefficient (Wildman–Crippen LogP) is 3.83. The van der Waals surface area contributed by atoms with E-state index in [-0.39, 0.29) is 6.29 Å². The van der Waals surface area contributed by atoms with Gasteiger partial charge in [0.05, 0.1) is 5.71 Å². The molecule has 0 saturated heterocycles. The molecule has 0 radical (unpaired) electrons. The van der Waals surface area contributed by atoms with Crippen LogP contribution in [0.4, 0.5) is 5.69 Å². The van der Waals surface area contributed by atoms with E-state index in [0.717, 1.165) is 48.4 Å². The van der Waals surface area contributed by atoms with Gasteiger partial charge in [0.25, 0.3) is 0 Å². The number of allylic oxidation sites excluding steroid dienone is 6. The highest BCUT2D eigenvalue weighted by molar-refractivity contribution is 6.17. The molecule has 0 spiro atoms. The molecule has 3 N–H and O–H groups in total. The normalized spacial score (nSPS) is 26.9. The number of para-hydroxylation sites is 1. The zero-order valence-corrected chi connectivity index (χ0v) is 14.0. The van der Waals surface area contributed by atoms with Crippen LogP contribution in [0.2, 0.25) is 0 Å². The maximum absolute atomic E-state index is 9.46. The van der Waals surface area contributed by atoms with Crippen LogP contribution in [0.5, 0.6) is 0 Å². The van der Waals surface area contributed by atoms with Crippen molar-refractivity contribution in [2.45, 2.75) is 32.0 Å². The van der Waals surface area contributed by atoms with Crippen LogP contribution >= 0.6 is 0 Å². The average molecular weight is 334 g/mol. The second-order valence-corrected chi connectivity index (χ2v) is 6.59. The van der Waals surface area contributed by atoms with Crippen molar-refractivity contribution >= 4 is 17.6 Å². The van der Waals surface area contributed by atoms with Gasteiger partial charge in [-0.25, -0.2) is 4.99 Å². The van der Waals surface area contributed by atoms with Crippen molar-refractivity contribution in [1.82, 2.24) is 5.32 Å². The molecule has 5 heteroatoms. The molecule has 2 atom stereocenters. The van der Waals surface area contributed by atoms with Gasteiger partial charge in [-0.2, -0.15) is 0 Å². The van der Waals surface area contributed by atoms with Crippen LogP contribution in [-0.2, 0) is 0 Å². The van der Waals surface area contributed by atoms with E-state index in [4.69, 9.17) is 0 Å². The van der Waals surface area contributed by atoms with Gasteiger partial charge in [0.15, 0.2) is 6.29 Å². The number of rotatable bonds is 3. The molecule has 0 fully saturated rings. The first-order valence-corrected chi connectivity index (χ1v) is 8.75. The number of nitrogens with one attached hydrogen (secondary N) is 2. The monoisotopic (exact) mass is 334 g/mol. The Morgan fingerprint density at radius 3 is 2.84 bits per heavy atom. The Balaban J connectivity index is 1.53. The van der Waals surface area contributed by atoms with Gasteiger partial charge in [0.1, 0.15) is 0 Å². The lowest BCUT2D eigenvalue weighted by Gasteiger charge is -2.33. The summed E-state index contributed by atoms with van der Waals surface area (Å²) in [5.41, 5.74) is 5.20. The number of hydrogen-bond donors (Lipinski definition) is 3. The van der Waals surface area contributed by atoms with Crippen molar-refractivity contribution in [3.05, 3.63) is 65.4 Å². The number of nitrogens with zero attached hydrogens (tertiary/aromatic N) is 2. The summed E-state index contributed by atoms with van der Waals surface area (Å²) in [5, 5.41) is 19.9. The lowest BCUT2D eigenvalue weighted by Crippen LogP contribution is -2.41. The van der Waals surface area contributed by atoms with E-state index in [9.17, 15) is 5.21 Å². The number of oxime groups is 1. The molecule has 1 aliphatic heterocycles. The minimum Gasteiger partial charge on any atom is -0.411 e. The van der Waals surface area contributed by atoms with Crippen molar-refractivity contribution in [1.29, 1.82) is 0 Å². The Hall–Kier alpha value is -2.82. The lowest BCUT2D eigenvalue weighted by molar-refractivity contribution is 0.316. The SMILES string of the molecule is O/N=C1\CC(C2=CC=CCC2)CC2=C1C=NC(Nc1ccccc1)N2. The van der Waals surface area contributed by atoms with Gasteiger partial charge in [-0.15, -0.1) is 0 Å². The van der Waals surface area contributed by atoms with E-state index >= 15 is 0 Å². The summed E-state index contributed by atoms with van der Waals surface area (Å²) in [7, 11) is 0. The Morgan fingerprint density at radius 2 is 2.08 bits per heavy atom. The van der Waals surface area contributed by atoms with Gasteiger partial charge in [-0.1, -0.05) is 47.2 Å². The van der Waals surface area contributed by atoms with Gasteiger partial charge >= 0.3 is 0 Å². The van der Waals surface area contributed by atoms with Gasteiger partial charge in [-0.05, 0) is 37.3 Å². The Kier molecular flexibility index (Phi) is 4.37. The van der Waals surface area contributed by atoms with Gasteiger partial charge < -0.3 is 15.8 Å². The molecule has 2 aliphatic carbocycles. The number of aliphatic imine (C=N–C) groups is 1. The summed E-state index contributed by atoms with van der Waals surface area (Å²) in [6.45, 7) is 0. The lowest BCUT2D eigenvalue weighted by atomic mass is 9.78. The minimum atomic E-state index is -0.208. The maximum Gasteiger partial charge on any atom is 0.193 e. The highest BCUT2D eigenvalue weighted by Gasteiger charge is 2.31. The first-order chi connectivity index (χ1) is 12.3. The summed E-state index contributed by atoms with van der Waals surface area (Å²) in [5.74, 6) is 0.381. The van der Waals surface area contributed by atoms with E-state index in [0.29, 0.717) is 5.92 Å². The van der Waals surface area contributed by atoms with Crippen LogP contribution in [0.3, 0.4) is 0 Å². The van der Waals surface area contributed by atoms with Crippen molar-refractivity contribution in [3.8, 4) is 0 Å². The van der Waals surface area contributed by atoms with Crippen molar-refractivity contribution in [3.63, 3.8) is 0 Å². The molecule has 5 nitrogen and oxygen atoms in total.